The smallest absolute Gasteiger partial charge is 0.118 e. The van der Waals surface area contributed by atoms with Crippen LogP contribution in [0.25, 0.3) is 0 Å². The Kier molecular flexibility index (Phi) is 5.68. The molecule has 1 rings (SSSR count). The van der Waals surface area contributed by atoms with Crippen molar-refractivity contribution >= 4 is 11.6 Å². The van der Waals surface area contributed by atoms with E-state index in [-0.39, 0.29) is 5.38 Å². The lowest BCUT2D eigenvalue weighted by atomic mass is 9.94. The molecule has 0 aliphatic carbocycles. The first-order valence-electron chi connectivity index (χ1n) is 5.98. The SMILES string of the molecule is CCC(CC)C(Cl)Cc1ccc(OC)cc1. The van der Waals surface area contributed by atoms with Crippen LogP contribution in [-0.4, -0.2) is 12.5 Å². The molecule has 0 fully saturated rings. The first-order valence-corrected chi connectivity index (χ1v) is 6.41. The lowest BCUT2D eigenvalue weighted by Gasteiger charge is -2.19. The normalized spacial score (nSPS) is 12.8. The van der Waals surface area contributed by atoms with E-state index in [1.54, 1.807) is 7.11 Å². The van der Waals surface area contributed by atoms with Gasteiger partial charge in [0.1, 0.15) is 5.75 Å². The topological polar surface area (TPSA) is 9.23 Å². The minimum absolute atomic E-state index is 0.239. The van der Waals surface area contributed by atoms with Crippen molar-refractivity contribution in [1.29, 1.82) is 0 Å². The molecule has 0 aliphatic heterocycles. The molecule has 0 radical (unpaired) electrons. The van der Waals surface area contributed by atoms with Gasteiger partial charge in [0.05, 0.1) is 7.11 Å². The Morgan fingerprint density at radius 3 is 2.12 bits per heavy atom. The summed E-state index contributed by atoms with van der Waals surface area (Å²) in [6.45, 7) is 4.41. The molecule has 1 unspecified atom stereocenters. The van der Waals surface area contributed by atoms with Crippen LogP contribution in [0.2, 0.25) is 0 Å². The van der Waals surface area contributed by atoms with E-state index < -0.39 is 0 Å². The molecule has 0 spiro atoms. The van der Waals surface area contributed by atoms with E-state index >= 15 is 0 Å². The molecule has 90 valence electrons. The number of halogens is 1. The Labute approximate surface area is 104 Å². The van der Waals surface area contributed by atoms with Crippen molar-refractivity contribution in [2.24, 2.45) is 5.92 Å². The van der Waals surface area contributed by atoms with Gasteiger partial charge in [-0.25, -0.2) is 0 Å². The van der Waals surface area contributed by atoms with Crippen LogP contribution in [0, 0.1) is 5.92 Å². The molecule has 0 heterocycles. The van der Waals surface area contributed by atoms with E-state index in [4.69, 9.17) is 16.3 Å². The van der Waals surface area contributed by atoms with Crippen molar-refractivity contribution in [2.75, 3.05) is 7.11 Å². The Balaban J connectivity index is 2.58. The van der Waals surface area contributed by atoms with Gasteiger partial charge in [0, 0.05) is 5.38 Å². The van der Waals surface area contributed by atoms with Crippen molar-refractivity contribution in [3.63, 3.8) is 0 Å². The predicted octanol–water partition coefficient (Wildman–Crippen LogP) is 4.28. The van der Waals surface area contributed by atoms with Crippen molar-refractivity contribution in [2.45, 2.75) is 38.5 Å². The standard InChI is InChI=1S/C14H21ClO/c1-4-12(5-2)14(15)10-11-6-8-13(16-3)9-7-11/h6-9,12,14H,4-5,10H2,1-3H3. The van der Waals surface area contributed by atoms with Crippen molar-refractivity contribution in [1.82, 2.24) is 0 Å². The average molecular weight is 241 g/mol. The Morgan fingerprint density at radius 2 is 1.69 bits per heavy atom. The number of hydrogen-bond donors (Lipinski definition) is 0. The van der Waals surface area contributed by atoms with Gasteiger partial charge in [0.2, 0.25) is 0 Å². The Hall–Kier alpha value is -0.690. The molecule has 0 saturated carbocycles. The molecule has 1 atom stereocenters. The molecule has 0 saturated heterocycles. The van der Waals surface area contributed by atoms with Gasteiger partial charge >= 0.3 is 0 Å². The van der Waals surface area contributed by atoms with Gasteiger partial charge in [0.25, 0.3) is 0 Å². The van der Waals surface area contributed by atoms with Gasteiger partial charge in [-0.3, -0.25) is 0 Å². The maximum atomic E-state index is 6.42. The number of hydrogen-bond acceptors (Lipinski definition) is 1. The van der Waals surface area contributed by atoms with E-state index in [0.29, 0.717) is 5.92 Å². The molecular formula is C14H21ClO. The number of benzene rings is 1. The summed E-state index contributed by atoms with van der Waals surface area (Å²) in [6, 6.07) is 8.17. The van der Waals surface area contributed by atoms with Crippen molar-refractivity contribution in [3.05, 3.63) is 29.8 Å². The zero-order valence-electron chi connectivity index (χ0n) is 10.4. The molecular weight excluding hydrogens is 220 g/mol. The maximum absolute atomic E-state index is 6.42. The second-order valence-electron chi connectivity index (χ2n) is 4.14. The summed E-state index contributed by atoms with van der Waals surface area (Å²) < 4.78 is 5.13. The van der Waals surface area contributed by atoms with E-state index in [1.165, 1.54) is 5.56 Å². The molecule has 0 amide bonds. The van der Waals surface area contributed by atoms with E-state index in [2.05, 4.69) is 26.0 Å². The minimum Gasteiger partial charge on any atom is -0.497 e. The van der Waals surface area contributed by atoms with Crippen molar-refractivity contribution < 1.29 is 4.74 Å². The summed E-state index contributed by atoms with van der Waals surface area (Å²) in [6.07, 6.45) is 3.25. The molecule has 1 aromatic carbocycles. The molecule has 0 N–H and O–H groups in total. The number of alkyl halides is 1. The zero-order chi connectivity index (χ0) is 12.0. The van der Waals surface area contributed by atoms with Crippen LogP contribution < -0.4 is 4.74 Å². The summed E-state index contributed by atoms with van der Waals surface area (Å²) in [5.41, 5.74) is 1.28. The average Bonchev–Trinajstić information content (AvgIpc) is 2.31. The molecule has 1 aromatic rings. The highest BCUT2D eigenvalue weighted by atomic mass is 35.5. The minimum atomic E-state index is 0.239. The van der Waals surface area contributed by atoms with Gasteiger partial charge in [-0.05, 0) is 30.0 Å². The fourth-order valence-electron chi connectivity index (χ4n) is 1.95. The molecule has 1 nitrogen and oxygen atoms in total. The van der Waals surface area contributed by atoms with Gasteiger partial charge in [0.15, 0.2) is 0 Å². The Bertz CT molecular complexity index is 290. The highest BCUT2D eigenvalue weighted by molar-refractivity contribution is 6.20. The van der Waals surface area contributed by atoms with Gasteiger partial charge < -0.3 is 4.74 Å². The van der Waals surface area contributed by atoms with Crippen LogP contribution in [-0.2, 0) is 6.42 Å². The molecule has 2 heteroatoms. The summed E-state index contributed by atoms with van der Waals surface area (Å²) in [4.78, 5) is 0. The van der Waals surface area contributed by atoms with Crippen LogP contribution in [0.15, 0.2) is 24.3 Å². The first kappa shape index (κ1) is 13.4. The van der Waals surface area contributed by atoms with Crippen LogP contribution in [0.4, 0.5) is 0 Å². The third kappa shape index (κ3) is 3.71. The summed E-state index contributed by atoms with van der Waals surface area (Å²) in [5.74, 6) is 1.51. The Morgan fingerprint density at radius 1 is 1.12 bits per heavy atom. The number of rotatable bonds is 6. The monoisotopic (exact) mass is 240 g/mol. The maximum Gasteiger partial charge on any atom is 0.118 e. The fourth-order valence-corrected chi connectivity index (χ4v) is 2.49. The molecule has 16 heavy (non-hydrogen) atoms. The highest BCUT2D eigenvalue weighted by Gasteiger charge is 2.15. The second kappa shape index (κ2) is 6.80. The van der Waals surface area contributed by atoms with Crippen LogP contribution in [0.3, 0.4) is 0 Å². The number of ether oxygens (including phenoxy) is 1. The van der Waals surface area contributed by atoms with Crippen LogP contribution in [0.5, 0.6) is 5.75 Å². The molecule has 0 aliphatic rings. The lowest BCUT2D eigenvalue weighted by molar-refractivity contribution is 0.414. The summed E-state index contributed by atoms with van der Waals surface area (Å²) in [7, 11) is 1.68. The second-order valence-corrected chi connectivity index (χ2v) is 4.71. The highest BCUT2D eigenvalue weighted by Crippen LogP contribution is 2.23. The van der Waals surface area contributed by atoms with Gasteiger partial charge in [-0.1, -0.05) is 38.8 Å². The predicted molar refractivity (Wildman–Crippen MR) is 70.4 cm³/mol. The van der Waals surface area contributed by atoms with Crippen molar-refractivity contribution in [3.8, 4) is 5.75 Å². The number of methoxy groups -OCH3 is 1. The third-order valence-electron chi connectivity index (χ3n) is 3.15. The zero-order valence-corrected chi connectivity index (χ0v) is 11.1. The first-order chi connectivity index (χ1) is 7.71. The third-order valence-corrected chi connectivity index (χ3v) is 3.66. The molecule has 0 aromatic heterocycles. The van der Waals surface area contributed by atoms with E-state index in [9.17, 15) is 0 Å². The van der Waals surface area contributed by atoms with Crippen LogP contribution in [0.1, 0.15) is 32.3 Å². The largest absolute Gasteiger partial charge is 0.497 e. The lowest BCUT2D eigenvalue weighted by Crippen LogP contribution is -2.16. The quantitative estimate of drug-likeness (QED) is 0.675. The van der Waals surface area contributed by atoms with Gasteiger partial charge in [-0.15, -0.1) is 11.6 Å². The summed E-state index contributed by atoms with van der Waals surface area (Å²) in [5, 5.41) is 0.239. The van der Waals surface area contributed by atoms with E-state index in [0.717, 1.165) is 25.0 Å². The molecule has 0 bridgehead atoms. The summed E-state index contributed by atoms with van der Waals surface area (Å²) >= 11 is 6.42. The van der Waals surface area contributed by atoms with Gasteiger partial charge in [-0.2, -0.15) is 0 Å². The fraction of sp³-hybridized carbons (Fsp3) is 0.571. The van der Waals surface area contributed by atoms with E-state index in [1.807, 2.05) is 12.1 Å². The van der Waals surface area contributed by atoms with Crippen LogP contribution >= 0.6 is 11.6 Å².